The van der Waals surface area contributed by atoms with Gasteiger partial charge in [0.25, 0.3) is 0 Å². The lowest BCUT2D eigenvalue weighted by Crippen LogP contribution is -2.51. The van der Waals surface area contributed by atoms with Crippen LogP contribution in [0.25, 0.3) is 0 Å². The molecule has 2 rings (SSSR count). The van der Waals surface area contributed by atoms with E-state index in [1.807, 2.05) is 16.8 Å². The van der Waals surface area contributed by atoms with Crippen LogP contribution < -0.4 is 0 Å². The zero-order chi connectivity index (χ0) is 18.2. The molecule has 0 spiro atoms. The van der Waals surface area contributed by atoms with E-state index >= 15 is 0 Å². The van der Waals surface area contributed by atoms with Gasteiger partial charge in [-0.3, -0.25) is 14.5 Å². The standard InChI is InChI=1S/C20H37N3O2/c1-17(2)9-10-19(24)23-13-11-22(12-14-23)16-20(25)21(3)15-18-7-5-4-6-8-18/h17-18H,4-16H2,1-3H3. The highest BCUT2D eigenvalue weighted by Gasteiger charge is 2.24. The Morgan fingerprint density at radius 1 is 1.04 bits per heavy atom. The summed E-state index contributed by atoms with van der Waals surface area (Å²) in [5.74, 6) is 1.76. The molecule has 0 unspecified atom stereocenters. The molecule has 144 valence electrons. The van der Waals surface area contributed by atoms with Crippen LogP contribution in [0.4, 0.5) is 0 Å². The van der Waals surface area contributed by atoms with Gasteiger partial charge in [-0.2, -0.15) is 0 Å². The lowest BCUT2D eigenvalue weighted by Gasteiger charge is -2.35. The van der Waals surface area contributed by atoms with Crippen LogP contribution in [-0.2, 0) is 9.59 Å². The van der Waals surface area contributed by atoms with Crippen molar-refractivity contribution in [1.82, 2.24) is 14.7 Å². The van der Waals surface area contributed by atoms with E-state index in [0.29, 0.717) is 24.8 Å². The second-order valence-electron chi connectivity index (χ2n) is 8.37. The number of carbonyl (C=O) groups is 2. The fourth-order valence-electron chi connectivity index (χ4n) is 3.90. The molecule has 0 atom stereocenters. The van der Waals surface area contributed by atoms with E-state index in [9.17, 15) is 9.59 Å². The maximum atomic E-state index is 12.5. The summed E-state index contributed by atoms with van der Waals surface area (Å²) in [6.45, 7) is 8.87. The third-order valence-electron chi connectivity index (χ3n) is 5.70. The van der Waals surface area contributed by atoms with Crippen LogP contribution in [0.15, 0.2) is 0 Å². The summed E-state index contributed by atoms with van der Waals surface area (Å²) in [6.07, 6.45) is 8.15. The van der Waals surface area contributed by atoms with Crippen molar-refractivity contribution in [3.05, 3.63) is 0 Å². The SMILES string of the molecule is CC(C)CCC(=O)N1CCN(CC(=O)N(C)CC2CCCCC2)CC1. The van der Waals surface area contributed by atoms with Crippen LogP contribution in [0.1, 0.15) is 58.8 Å². The van der Waals surface area contributed by atoms with Crippen LogP contribution >= 0.6 is 0 Å². The van der Waals surface area contributed by atoms with Crippen molar-refractivity contribution in [3.8, 4) is 0 Å². The van der Waals surface area contributed by atoms with Crippen LogP contribution in [0.5, 0.6) is 0 Å². The number of piperazine rings is 1. The second-order valence-corrected chi connectivity index (χ2v) is 8.37. The van der Waals surface area contributed by atoms with E-state index in [2.05, 4.69) is 18.7 Å². The van der Waals surface area contributed by atoms with E-state index in [1.165, 1.54) is 32.1 Å². The van der Waals surface area contributed by atoms with Crippen molar-refractivity contribution < 1.29 is 9.59 Å². The number of nitrogens with zero attached hydrogens (tertiary/aromatic N) is 3. The maximum absolute atomic E-state index is 12.5. The van der Waals surface area contributed by atoms with Gasteiger partial charge < -0.3 is 9.80 Å². The molecule has 0 radical (unpaired) electrons. The molecule has 0 aromatic carbocycles. The van der Waals surface area contributed by atoms with E-state index in [1.54, 1.807) is 0 Å². The lowest BCUT2D eigenvalue weighted by molar-refractivity contribution is -0.135. The molecule has 2 fully saturated rings. The van der Waals surface area contributed by atoms with Gasteiger partial charge in [0.15, 0.2) is 0 Å². The predicted octanol–water partition coefficient (Wildman–Crippen LogP) is 2.61. The average Bonchev–Trinajstić information content (AvgIpc) is 2.61. The third-order valence-corrected chi connectivity index (χ3v) is 5.70. The number of hydrogen-bond donors (Lipinski definition) is 0. The molecule has 0 N–H and O–H groups in total. The highest BCUT2D eigenvalue weighted by Crippen LogP contribution is 2.24. The minimum absolute atomic E-state index is 0.227. The highest BCUT2D eigenvalue weighted by molar-refractivity contribution is 5.78. The normalized spacial score (nSPS) is 20.1. The van der Waals surface area contributed by atoms with Gasteiger partial charge in [0, 0.05) is 46.2 Å². The smallest absolute Gasteiger partial charge is 0.236 e. The number of rotatable bonds is 7. The maximum Gasteiger partial charge on any atom is 0.236 e. The Labute approximate surface area is 153 Å². The first-order chi connectivity index (χ1) is 12.0. The molecule has 2 aliphatic rings. The summed E-state index contributed by atoms with van der Waals surface area (Å²) in [5.41, 5.74) is 0. The molecule has 1 saturated carbocycles. The van der Waals surface area contributed by atoms with Crippen molar-refractivity contribution in [2.24, 2.45) is 11.8 Å². The Hall–Kier alpha value is -1.10. The Bertz CT molecular complexity index is 425. The minimum Gasteiger partial charge on any atom is -0.344 e. The lowest BCUT2D eigenvalue weighted by atomic mass is 9.89. The van der Waals surface area contributed by atoms with E-state index in [4.69, 9.17) is 0 Å². The van der Waals surface area contributed by atoms with Gasteiger partial charge >= 0.3 is 0 Å². The van der Waals surface area contributed by atoms with Gasteiger partial charge in [0.1, 0.15) is 0 Å². The largest absolute Gasteiger partial charge is 0.344 e. The van der Waals surface area contributed by atoms with Crippen molar-refractivity contribution in [1.29, 1.82) is 0 Å². The van der Waals surface area contributed by atoms with Crippen LogP contribution in [0.3, 0.4) is 0 Å². The molecule has 5 nitrogen and oxygen atoms in total. The Morgan fingerprint density at radius 3 is 2.28 bits per heavy atom. The summed E-state index contributed by atoms with van der Waals surface area (Å²) in [7, 11) is 1.95. The molecule has 1 saturated heterocycles. The molecule has 25 heavy (non-hydrogen) atoms. The van der Waals surface area contributed by atoms with Gasteiger partial charge in [-0.25, -0.2) is 0 Å². The van der Waals surface area contributed by atoms with Gasteiger partial charge in [0.05, 0.1) is 6.54 Å². The third kappa shape index (κ3) is 6.96. The Kier molecular flexibility index (Phi) is 8.20. The first-order valence-corrected chi connectivity index (χ1v) is 10.2. The molecule has 1 aliphatic heterocycles. The second kappa shape index (κ2) is 10.1. The zero-order valence-electron chi connectivity index (χ0n) is 16.5. The summed E-state index contributed by atoms with van der Waals surface area (Å²) < 4.78 is 0. The van der Waals surface area contributed by atoms with Crippen LogP contribution in [0, 0.1) is 11.8 Å². The van der Waals surface area contributed by atoms with Crippen molar-refractivity contribution in [3.63, 3.8) is 0 Å². The van der Waals surface area contributed by atoms with Gasteiger partial charge in [-0.1, -0.05) is 33.1 Å². The summed E-state index contributed by atoms with van der Waals surface area (Å²) >= 11 is 0. The molecular weight excluding hydrogens is 314 g/mol. The topological polar surface area (TPSA) is 43.9 Å². The average molecular weight is 352 g/mol. The fraction of sp³-hybridized carbons (Fsp3) is 0.900. The monoisotopic (exact) mass is 351 g/mol. The zero-order valence-corrected chi connectivity index (χ0v) is 16.5. The van der Waals surface area contributed by atoms with Gasteiger partial charge in [-0.15, -0.1) is 0 Å². The Balaban J connectivity index is 1.66. The van der Waals surface area contributed by atoms with Crippen LogP contribution in [0.2, 0.25) is 0 Å². The first kappa shape index (κ1) is 20.2. The molecule has 1 aliphatic carbocycles. The summed E-state index contributed by atoms with van der Waals surface area (Å²) in [5, 5.41) is 0. The summed E-state index contributed by atoms with van der Waals surface area (Å²) in [6, 6.07) is 0. The number of likely N-dealkylation sites (N-methyl/N-ethyl adjacent to an activating group) is 1. The minimum atomic E-state index is 0.227. The van der Waals surface area contributed by atoms with Crippen LogP contribution in [-0.4, -0.2) is 72.8 Å². The first-order valence-electron chi connectivity index (χ1n) is 10.2. The highest BCUT2D eigenvalue weighted by atomic mass is 16.2. The van der Waals surface area contributed by atoms with Gasteiger partial charge in [-0.05, 0) is 31.1 Å². The van der Waals surface area contributed by atoms with Crippen molar-refractivity contribution in [2.75, 3.05) is 46.3 Å². The number of hydrogen-bond acceptors (Lipinski definition) is 3. The molecule has 0 bridgehead atoms. The molecule has 2 amide bonds. The molecule has 5 heteroatoms. The molecule has 0 aromatic heterocycles. The molecule has 0 aromatic rings. The fourth-order valence-corrected chi connectivity index (χ4v) is 3.90. The van der Waals surface area contributed by atoms with E-state index in [0.717, 1.165) is 39.1 Å². The van der Waals surface area contributed by atoms with E-state index < -0.39 is 0 Å². The van der Waals surface area contributed by atoms with Crippen molar-refractivity contribution in [2.45, 2.75) is 58.8 Å². The quantitative estimate of drug-likeness (QED) is 0.708. The molecule has 1 heterocycles. The molecular formula is C20H37N3O2. The summed E-state index contributed by atoms with van der Waals surface area (Å²) in [4.78, 5) is 30.8. The van der Waals surface area contributed by atoms with Gasteiger partial charge in [0.2, 0.25) is 11.8 Å². The predicted molar refractivity (Wildman–Crippen MR) is 101 cm³/mol. The van der Waals surface area contributed by atoms with Crippen molar-refractivity contribution >= 4 is 11.8 Å². The number of amides is 2. The number of carbonyl (C=O) groups excluding carboxylic acids is 2. The van der Waals surface area contributed by atoms with E-state index in [-0.39, 0.29) is 11.8 Å². The Morgan fingerprint density at radius 2 is 1.68 bits per heavy atom.